The number of carbonyl (C=O) groups excluding carboxylic acids is 2. The SMILES string of the molecule is CCCCCCCCCCCCC(=O)NCCCCCNC(=O)CCn1c(CN(C)NC)cc2ccccc21. The number of unbranched alkanes of at least 4 members (excludes halogenated alkanes) is 11. The van der Waals surface area contributed by atoms with Gasteiger partial charge in [0, 0.05) is 50.7 Å². The molecule has 0 unspecified atom stereocenters. The van der Waals surface area contributed by atoms with Crippen LogP contribution in [0.2, 0.25) is 0 Å². The molecule has 1 aromatic heterocycles. The summed E-state index contributed by atoms with van der Waals surface area (Å²) in [6, 6.07) is 10.5. The van der Waals surface area contributed by atoms with Crippen LogP contribution >= 0.6 is 0 Å². The Morgan fingerprint density at radius 3 is 1.97 bits per heavy atom. The maximum atomic E-state index is 12.5. The van der Waals surface area contributed by atoms with Gasteiger partial charge in [-0.15, -0.1) is 0 Å². The molecular formula is C32H55N5O2. The molecule has 0 fully saturated rings. The zero-order valence-electron chi connectivity index (χ0n) is 25.0. The summed E-state index contributed by atoms with van der Waals surface area (Å²) in [5.74, 6) is 0.270. The van der Waals surface area contributed by atoms with Crippen LogP contribution in [-0.2, 0) is 22.7 Å². The number of aromatic nitrogens is 1. The number of carbonyl (C=O) groups is 2. The average Bonchev–Trinajstić information content (AvgIpc) is 3.28. The number of hydrazine groups is 1. The van der Waals surface area contributed by atoms with Crippen molar-refractivity contribution in [2.24, 2.45) is 0 Å². The molecule has 220 valence electrons. The van der Waals surface area contributed by atoms with Crippen molar-refractivity contribution < 1.29 is 9.59 Å². The summed E-state index contributed by atoms with van der Waals surface area (Å²) in [7, 11) is 3.92. The number of nitrogens with one attached hydrogen (secondary N) is 3. The van der Waals surface area contributed by atoms with Gasteiger partial charge in [-0.3, -0.25) is 15.0 Å². The molecule has 3 N–H and O–H groups in total. The summed E-state index contributed by atoms with van der Waals surface area (Å²) in [5, 5.41) is 9.35. The first-order chi connectivity index (χ1) is 19.0. The van der Waals surface area contributed by atoms with Crippen LogP contribution in [0.3, 0.4) is 0 Å². The van der Waals surface area contributed by atoms with Gasteiger partial charge < -0.3 is 15.2 Å². The fraction of sp³-hybridized carbons (Fsp3) is 0.688. The van der Waals surface area contributed by atoms with Crippen molar-refractivity contribution in [2.45, 2.75) is 116 Å². The number of amides is 2. The Kier molecular flexibility index (Phi) is 17.3. The Morgan fingerprint density at radius 1 is 0.769 bits per heavy atom. The Labute approximate surface area is 237 Å². The fourth-order valence-electron chi connectivity index (χ4n) is 5.03. The van der Waals surface area contributed by atoms with E-state index in [0.717, 1.165) is 45.2 Å². The highest BCUT2D eigenvalue weighted by Crippen LogP contribution is 2.21. The lowest BCUT2D eigenvalue weighted by Gasteiger charge is -2.17. The van der Waals surface area contributed by atoms with Crippen LogP contribution in [0.25, 0.3) is 10.9 Å². The molecular weight excluding hydrogens is 486 g/mol. The molecule has 7 nitrogen and oxygen atoms in total. The minimum absolute atomic E-state index is 0.0884. The van der Waals surface area contributed by atoms with Gasteiger partial charge >= 0.3 is 0 Å². The van der Waals surface area contributed by atoms with Crippen LogP contribution < -0.4 is 16.1 Å². The molecule has 0 spiro atoms. The van der Waals surface area contributed by atoms with E-state index < -0.39 is 0 Å². The predicted molar refractivity (Wildman–Crippen MR) is 163 cm³/mol. The fourth-order valence-corrected chi connectivity index (χ4v) is 5.03. The second-order valence-corrected chi connectivity index (χ2v) is 10.9. The third-order valence-electron chi connectivity index (χ3n) is 7.50. The standard InChI is InChI=1S/C32H55N5O2/c1-4-5-6-7-8-9-10-11-12-14-21-31(38)34-23-17-13-18-24-35-32(39)22-25-37-29(27-36(3)33-2)26-28-19-15-16-20-30(28)37/h15-16,19-20,26,33H,4-14,17-18,21-25,27H2,1-3H3,(H,34,38)(H,35,39). The van der Waals surface area contributed by atoms with Gasteiger partial charge in [0.15, 0.2) is 0 Å². The lowest BCUT2D eigenvalue weighted by atomic mass is 10.1. The number of hydrogen-bond acceptors (Lipinski definition) is 4. The summed E-state index contributed by atoms with van der Waals surface area (Å²) >= 11 is 0. The lowest BCUT2D eigenvalue weighted by molar-refractivity contribution is -0.122. The molecule has 7 heteroatoms. The molecule has 0 aliphatic rings. The van der Waals surface area contributed by atoms with Crippen LogP contribution in [0.4, 0.5) is 0 Å². The molecule has 0 saturated heterocycles. The van der Waals surface area contributed by atoms with Crippen LogP contribution in [0.15, 0.2) is 30.3 Å². The first kappa shape index (κ1) is 32.8. The zero-order chi connectivity index (χ0) is 28.1. The first-order valence-corrected chi connectivity index (χ1v) is 15.5. The molecule has 1 heterocycles. The molecule has 0 aliphatic carbocycles. The minimum atomic E-state index is 0.0884. The number of rotatable bonds is 23. The second kappa shape index (κ2) is 20.5. The third-order valence-corrected chi connectivity index (χ3v) is 7.50. The summed E-state index contributed by atoms with van der Waals surface area (Å²) in [6.07, 6.45) is 16.9. The van der Waals surface area contributed by atoms with Crippen molar-refractivity contribution in [2.75, 3.05) is 27.2 Å². The molecule has 39 heavy (non-hydrogen) atoms. The van der Waals surface area contributed by atoms with Gasteiger partial charge in [-0.25, -0.2) is 5.01 Å². The van der Waals surface area contributed by atoms with E-state index in [-0.39, 0.29) is 11.8 Å². The highest BCUT2D eigenvalue weighted by molar-refractivity contribution is 5.82. The van der Waals surface area contributed by atoms with Gasteiger partial charge in [0.1, 0.15) is 0 Å². The highest BCUT2D eigenvalue weighted by Gasteiger charge is 2.11. The minimum Gasteiger partial charge on any atom is -0.356 e. The smallest absolute Gasteiger partial charge is 0.221 e. The summed E-state index contributed by atoms with van der Waals surface area (Å²) in [4.78, 5) is 24.5. The Bertz CT molecular complexity index is 942. The van der Waals surface area contributed by atoms with E-state index in [2.05, 4.69) is 51.8 Å². The molecule has 2 rings (SSSR count). The highest BCUT2D eigenvalue weighted by atomic mass is 16.2. The van der Waals surface area contributed by atoms with Crippen molar-refractivity contribution in [3.63, 3.8) is 0 Å². The normalized spacial score (nSPS) is 11.4. The van der Waals surface area contributed by atoms with Gasteiger partial charge in [0.05, 0.1) is 6.54 Å². The number of hydrogen-bond donors (Lipinski definition) is 3. The van der Waals surface area contributed by atoms with E-state index in [0.29, 0.717) is 25.9 Å². The second-order valence-electron chi connectivity index (χ2n) is 10.9. The van der Waals surface area contributed by atoms with Crippen molar-refractivity contribution in [3.05, 3.63) is 36.0 Å². The van der Waals surface area contributed by atoms with Gasteiger partial charge in [-0.2, -0.15) is 0 Å². The van der Waals surface area contributed by atoms with E-state index in [9.17, 15) is 9.59 Å². The molecule has 0 radical (unpaired) electrons. The monoisotopic (exact) mass is 541 g/mol. The van der Waals surface area contributed by atoms with Crippen LogP contribution in [0, 0.1) is 0 Å². The number of aryl methyl sites for hydroxylation is 1. The van der Waals surface area contributed by atoms with Gasteiger partial charge in [0.2, 0.25) is 11.8 Å². The number of benzene rings is 1. The Balaban J connectivity index is 1.48. The van der Waals surface area contributed by atoms with Crippen LogP contribution in [0.5, 0.6) is 0 Å². The topological polar surface area (TPSA) is 78.4 Å². The summed E-state index contributed by atoms with van der Waals surface area (Å²) in [5.41, 5.74) is 5.50. The molecule has 2 amide bonds. The molecule has 0 atom stereocenters. The lowest BCUT2D eigenvalue weighted by Crippen LogP contribution is -2.31. The first-order valence-electron chi connectivity index (χ1n) is 15.5. The van der Waals surface area contributed by atoms with E-state index >= 15 is 0 Å². The van der Waals surface area contributed by atoms with Gasteiger partial charge in [-0.1, -0.05) is 82.9 Å². The number of fused-ring (bicyclic) bond motifs is 1. The van der Waals surface area contributed by atoms with E-state index in [4.69, 9.17) is 0 Å². The van der Waals surface area contributed by atoms with Gasteiger partial charge in [0.25, 0.3) is 0 Å². The third kappa shape index (κ3) is 14.0. The zero-order valence-corrected chi connectivity index (χ0v) is 25.0. The van der Waals surface area contributed by atoms with Crippen molar-refractivity contribution >= 4 is 22.7 Å². The van der Waals surface area contributed by atoms with E-state index in [1.807, 2.05) is 25.2 Å². The maximum Gasteiger partial charge on any atom is 0.221 e. The van der Waals surface area contributed by atoms with Crippen molar-refractivity contribution in [1.82, 2.24) is 25.6 Å². The largest absolute Gasteiger partial charge is 0.356 e. The molecule has 0 bridgehead atoms. The summed E-state index contributed by atoms with van der Waals surface area (Å²) in [6.45, 7) is 5.11. The van der Waals surface area contributed by atoms with Crippen molar-refractivity contribution in [3.8, 4) is 0 Å². The summed E-state index contributed by atoms with van der Waals surface area (Å²) < 4.78 is 2.25. The quantitative estimate of drug-likeness (QED) is 0.114. The average molecular weight is 542 g/mol. The molecule has 0 aliphatic heterocycles. The van der Waals surface area contributed by atoms with E-state index in [1.165, 1.54) is 68.0 Å². The predicted octanol–water partition coefficient (Wildman–Crippen LogP) is 6.31. The van der Waals surface area contributed by atoms with Crippen LogP contribution in [-0.4, -0.2) is 48.6 Å². The van der Waals surface area contributed by atoms with E-state index in [1.54, 1.807) is 0 Å². The Morgan fingerprint density at radius 2 is 1.33 bits per heavy atom. The number of para-hydroxylation sites is 1. The molecule has 2 aromatic rings. The van der Waals surface area contributed by atoms with Gasteiger partial charge in [-0.05, 0) is 50.2 Å². The maximum absolute atomic E-state index is 12.5. The number of nitrogens with zero attached hydrogens (tertiary/aromatic N) is 2. The van der Waals surface area contributed by atoms with Crippen molar-refractivity contribution in [1.29, 1.82) is 0 Å². The Hall–Kier alpha value is -2.38. The molecule has 0 saturated carbocycles. The molecule has 1 aromatic carbocycles. The van der Waals surface area contributed by atoms with Crippen LogP contribution in [0.1, 0.15) is 109 Å².